The van der Waals surface area contributed by atoms with Gasteiger partial charge in [0.1, 0.15) is 23.0 Å². The highest BCUT2D eigenvalue weighted by molar-refractivity contribution is 6.32. The largest absolute Gasteiger partial charge is 0.497 e. The summed E-state index contributed by atoms with van der Waals surface area (Å²) < 4.78 is 25.5. The molecule has 8 heteroatoms. The van der Waals surface area contributed by atoms with Crippen molar-refractivity contribution >= 4 is 17.5 Å². The van der Waals surface area contributed by atoms with Crippen molar-refractivity contribution in [3.8, 4) is 28.4 Å². The van der Waals surface area contributed by atoms with Gasteiger partial charge in [0, 0.05) is 18.2 Å². The number of nitrogens with zero attached hydrogens (tertiary/aromatic N) is 2. The van der Waals surface area contributed by atoms with Gasteiger partial charge >= 0.3 is 0 Å². The second kappa shape index (κ2) is 9.75. The molecule has 33 heavy (non-hydrogen) atoms. The molecule has 0 aliphatic rings. The maximum absolute atomic E-state index is 13.2. The number of halogens is 2. The number of hydrogen-bond donors (Lipinski definition) is 1. The third-order valence-electron chi connectivity index (χ3n) is 5.07. The normalized spacial score (nSPS) is 10.7. The molecule has 3 aromatic carbocycles. The number of amides is 1. The van der Waals surface area contributed by atoms with Crippen molar-refractivity contribution in [3.05, 3.63) is 94.9 Å². The average Bonchev–Trinajstić information content (AvgIpc) is 3.28. The number of para-hydroxylation sites is 1. The Kier molecular flexibility index (Phi) is 6.60. The van der Waals surface area contributed by atoms with Crippen LogP contribution in [-0.4, -0.2) is 29.9 Å². The minimum absolute atomic E-state index is 0.230. The summed E-state index contributed by atoms with van der Waals surface area (Å²) in [4.78, 5) is 13.1. The van der Waals surface area contributed by atoms with E-state index in [1.54, 1.807) is 62.8 Å². The summed E-state index contributed by atoms with van der Waals surface area (Å²) in [5, 5.41) is 7.97. The molecule has 1 amide bonds. The van der Waals surface area contributed by atoms with Gasteiger partial charge in [-0.2, -0.15) is 5.10 Å². The zero-order valence-electron chi connectivity index (χ0n) is 18.0. The van der Waals surface area contributed by atoms with E-state index in [1.165, 1.54) is 16.8 Å². The lowest BCUT2D eigenvalue weighted by Gasteiger charge is -2.10. The van der Waals surface area contributed by atoms with E-state index in [-0.39, 0.29) is 24.0 Å². The van der Waals surface area contributed by atoms with Crippen molar-refractivity contribution in [2.45, 2.75) is 6.54 Å². The van der Waals surface area contributed by atoms with Crippen molar-refractivity contribution in [2.75, 3.05) is 14.2 Å². The van der Waals surface area contributed by atoms with Crippen LogP contribution in [0.4, 0.5) is 4.39 Å². The summed E-state index contributed by atoms with van der Waals surface area (Å²) >= 11 is 6.41. The monoisotopic (exact) mass is 465 g/mol. The maximum Gasteiger partial charge on any atom is 0.270 e. The Hall–Kier alpha value is -3.84. The molecule has 4 aromatic rings. The summed E-state index contributed by atoms with van der Waals surface area (Å²) in [6.07, 6.45) is 0. The lowest BCUT2D eigenvalue weighted by Crippen LogP contribution is -2.25. The summed E-state index contributed by atoms with van der Waals surface area (Å²) in [6.45, 7) is 0.230. The summed E-state index contributed by atoms with van der Waals surface area (Å²) in [5.74, 6) is 0.500. The van der Waals surface area contributed by atoms with Crippen molar-refractivity contribution in [1.82, 2.24) is 15.1 Å². The topological polar surface area (TPSA) is 65.4 Å². The lowest BCUT2D eigenvalue weighted by atomic mass is 10.1. The summed E-state index contributed by atoms with van der Waals surface area (Å²) in [6, 6.07) is 20.1. The third-order valence-corrected chi connectivity index (χ3v) is 5.39. The molecule has 168 valence electrons. The van der Waals surface area contributed by atoms with Gasteiger partial charge in [-0.1, -0.05) is 35.9 Å². The van der Waals surface area contributed by atoms with Gasteiger partial charge < -0.3 is 14.8 Å². The minimum Gasteiger partial charge on any atom is -0.497 e. The van der Waals surface area contributed by atoms with Gasteiger partial charge in [-0.3, -0.25) is 4.79 Å². The lowest BCUT2D eigenvalue weighted by molar-refractivity contribution is 0.0943. The molecule has 0 bridgehead atoms. The molecular formula is C25H21ClFN3O3. The number of carbonyl (C=O) groups is 1. The van der Waals surface area contributed by atoms with E-state index in [0.29, 0.717) is 33.5 Å². The molecular weight excluding hydrogens is 445 g/mol. The molecule has 1 aromatic heterocycles. The highest BCUT2D eigenvalue weighted by Gasteiger charge is 2.21. The molecule has 0 saturated heterocycles. The Morgan fingerprint density at radius 3 is 2.48 bits per heavy atom. The first-order valence-corrected chi connectivity index (χ1v) is 10.5. The van der Waals surface area contributed by atoms with Gasteiger partial charge in [0.25, 0.3) is 5.91 Å². The molecule has 0 radical (unpaired) electrons. The van der Waals surface area contributed by atoms with Crippen LogP contribution < -0.4 is 14.8 Å². The van der Waals surface area contributed by atoms with Gasteiger partial charge in [-0.05, 0) is 48.0 Å². The zero-order chi connectivity index (χ0) is 23.4. The van der Waals surface area contributed by atoms with Crippen LogP contribution in [0.5, 0.6) is 11.5 Å². The fourth-order valence-electron chi connectivity index (χ4n) is 3.37. The number of methoxy groups -OCH3 is 2. The number of rotatable bonds is 7. The Bertz CT molecular complexity index is 1290. The maximum atomic E-state index is 13.2. The van der Waals surface area contributed by atoms with Gasteiger partial charge in [0.05, 0.1) is 30.6 Å². The van der Waals surface area contributed by atoms with Crippen molar-refractivity contribution in [1.29, 1.82) is 0 Å². The van der Waals surface area contributed by atoms with E-state index in [9.17, 15) is 9.18 Å². The SMILES string of the molecule is COc1ccc(-c2cc(C(=O)NCc3ccc(F)cc3)n(-c3ccccc3Cl)n2)c(OC)c1. The molecule has 6 nitrogen and oxygen atoms in total. The zero-order valence-corrected chi connectivity index (χ0v) is 18.8. The fraction of sp³-hybridized carbons (Fsp3) is 0.120. The van der Waals surface area contributed by atoms with Gasteiger partial charge in [0.15, 0.2) is 0 Å². The van der Waals surface area contributed by atoms with Crippen LogP contribution in [-0.2, 0) is 6.54 Å². The van der Waals surface area contributed by atoms with Gasteiger partial charge in [-0.25, -0.2) is 9.07 Å². The highest BCUT2D eigenvalue weighted by Crippen LogP contribution is 2.34. The van der Waals surface area contributed by atoms with E-state index in [4.69, 9.17) is 21.1 Å². The van der Waals surface area contributed by atoms with Crippen LogP contribution in [0, 0.1) is 5.82 Å². The van der Waals surface area contributed by atoms with Crippen LogP contribution in [0.15, 0.2) is 72.8 Å². The molecule has 0 atom stereocenters. The predicted molar refractivity (Wildman–Crippen MR) is 125 cm³/mol. The Morgan fingerprint density at radius 1 is 1.03 bits per heavy atom. The second-order valence-corrected chi connectivity index (χ2v) is 7.56. The van der Waals surface area contributed by atoms with Gasteiger partial charge in [-0.15, -0.1) is 0 Å². The fourth-order valence-corrected chi connectivity index (χ4v) is 3.58. The first-order valence-electron chi connectivity index (χ1n) is 10.1. The Morgan fingerprint density at radius 2 is 1.79 bits per heavy atom. The molecule has 0 unspecified atom stereocenters. The van der Waals surface area contributed by atoms with Crippen LogP contribution in [0.2, 0.25) is 5.02 Å². The summed E-state index contributed by atoms with van der Waals surface area (Å²) in [5.41, 5.74) is 2.84. The van der Waals surface area contributed by atoms with E-state index >= 15 is 0 Å². The van der Waals surface area contributed by atoms with E-state index < -0.39 is 0 Å². The number of benzene rings is 3. The van der Waals surface area contributed by atoms with Crippen LogP contribution in [0.1, 0.15) is 16.1 Å². The molecule has 1 heterocycles. The van der Waals surface area contributed by atoms with Gasteiger partial charge in [0.2, 0.25) is 0 Å². The van der Waals surface area contributed by atoms with E-state index in [1.807, 2.05) is 12.1 Å². The van der Waals surface area contributed by atoms with Crippen LogP contribution in [0.3, 0.4) is 0 Å². The summed E-state index contributed by atoms with van der Waals surface area (Å²) in [7, 11) is 3.13. The standard InChI is InChI=1S/C25H21ClFN3O3/c1-32-18-11-12-19(24(13-18)33-2)21-14-23(30(29-21)22-6-4-3-5-20(22)26)25(31)28-15-16-7-9-17(27)10-8-16/h3-14H,15H2,1-2H3,(H,28,31). The number of nitrogens with one attached hydrogen (secondary N) is 1. The smallest absolute Gasteiger partial charge is 0.270 e. The van der Waals surface area contributed by atoms with Crippen molar-refractivity contribution < 1.29 is 18.7 Å². The Balaban J connectivity index is 1.74. The molecule has 0 aliphatic carbocycles. The first kappa shape index (κ1) is 22.4. The van der Waals surface area contributed by atoms with Crippen molar-refractivity contribution in [3.63, 3.8) is 0 Å². The first-order chi connectivity index (χ1) is 16.0. The average molecular weight is 466 g/mol. The molecule has 0 saturated carbocycles. The number of aromatic nitrogens is 2. The second-order valence-electron chi connectivity index (χ2n) is 7.15. The molecule has 0 fully saturated rings. The van der Waals surface area contributed by atoms with E-state index in [0.717, 1.165) is 5.56 Å². The van der Waals surface area contributed by atoms with Crippen LogP contribution in [0.25, 0.3) is 16.9 Å². The van der Waals surface area contributed by atoms with Crippen molar-refractivity contribution in [2.24, 2.45) is 0 Å². The van der Waals surface area contributed by atoms with Crippen LogP contribution >= 0.6 is 11.6 Å². The molecule has 1 N–H and O–H groups in total. The minimum atomic E-state index is -0.356. The van der Waals surface area contributed by atoms with E-state index in [2.05, 4.69) is 10.4 Å². The predicted octanol–water partition coefficient (Wildman–Crippen LogP) is 5.28. The number of hydrogen-bond acceptors (Lipinski definition) is 4. The quantitative estimate of drug-likeness (QED) is 0.403. The highest BCUT2D eigenvalue weighted by atomic mass is 35.5. The molecule has 0 spiro atoms. The molecule has 0 aliphatic heterocycles. The Labute approximate surface area is 195 Å². The number of carbonyl (C=O) groups excluding carboxylic acids is 1. The third kappa shape index (κ3) is 4.83. The molecule has 4 rings (SSSR count). The number of ether oxygens (including phenoxy) is 2.